The summed E-state index contributed by atoms with van der Waals surface area (Å²) in [6.45, 7) is 3.75. The first-order valence-electron chi connectivity index (χ1n) is 7.71. The molecule has 6 nitrogen and oxygen atoms in total. The molecule has 8 heteroatoms. The Morgan fingerprint density at radius 1 is 1.40 bits per heavy atom. The number of fused-ring (bicyclic) bond motifs is 2. The van der Waals surface area contributed by atoms with Gasteiger partial charge in [0, 0.05) is 6.20 Å². The second kappa shape index (κ2) is 5.80. The summed E-state index contributed by atoms with van der Waals surface area (Å²) in [5.74, 6) is -0.604. The number of carbonyl (C=O) groups is 1. The van der Waals surface area contributed by atoms with Crippen molar-refractivity contribution >= 4 is 33.2 Å². The Hall–Kier alpha value is -2.48. The van der Waals surface area contributed by atoms with Gasteiger partial charge in [-0.3, -0.25) is 14.1 Å². The number of amides is 1. The van der Waals surface area contributed by atoms with Crippen molar-refractivity contribution in [3.63, 3.8) is 0 Å². The Bertz CT molecular complexity index is 1000. The van der Waals surface area contributed by atoms with E-state index in [0.29, 0.717) is 15.9 Å². The van der Waals surface area contributed by atoms with Crippen LogP contribution in [0, 0.1) is 12.7 Å². The van der Waals surface area contributed by atoms with Gasteiger partial charge in [-0.1, -0.05) is 6.07 Å². The van der Waals surface area contributed by atoms with Crippen LogP contribution in [0.3, 0.4) is 0 Å². The third-order valence-corrected chi connectivity index (χ3v) is 4.64. The lowest BCUT2D eigenvalue weighted by Gasteiger charge is -2.33. The van der Waals surface area contributed by atoms with Crippen molar-refractivity contribution in [2.45, 2.75) is 26.5 Å². The van der Waals surface area contributed by atoms with Crippen molar-refractivity contribution in [3.05, 3.63) is 52.4 Å². The average molecular weight is 405 g/mol. The quantitative estimate of drug-likeness (QED) is 0.657. The predicted octanol–water partition coefficient (Wildman–Crippen LogP) is 3.25. The highest BCUT2D eigenvalue weighted by Crippen LogP contribution is 2.37. The third-order valence-electron chi connectivity index (χ3n) is 4.23. The molecule has 0 saturated carbocycles. The highest BCUT2D eigenvalue weighted by atomic mass is 79.9. The Morgan fingerprint density at radius 3 is 3.00 bits per heavy atom. The molecule has 0 radical (unpaired) electrons. The molecule has 2 aromatic heterocycles. The van der Waals surface area contributed by atoms with E-state index in [1.54, 1.807) is 31.5 Å². The first kappa shape index (κ1) is 16.0. The summed E-state index contributed by atoms with van der Waals surface area (Å²) >= 11 is 3.35. The van der Waals surface area contributed by atoms with Crippen LogP contribution in [0.5, 0.6) is 5.75 Å². The van der Waals surface area contributed by atoms with Gasteiger partial charge in [0.05, 0.1) is 29.8 Å². The van der Waals surface area contributed by atoms with Crippen molar-refractivity contribution in [2.24, 2.45) is 0 Å². The number of rotatable bonds is 2. The van der Waals surface area contributed by atoms with E-state index >= 15 is 0 Å². The van der Waals surface area contributed by atoms with Gasteiger partial charge < -0.3 is 4.74 Å². The third kappa shape index (κ3) is 2.57. The lowest BCUT2D eigenvalue weighted by Crippen LogP contribution is -2.44. The molecule has 0 saturated heterocycles. The van der Waals surface area contributed by atoms with Gasteiger partial charge in [-0.05, 0) is 41.9 Å². The summed E-state index contributed by atoms with van der Waals surface area (Å²) < 4.78 is 22.1. The Morgan fingerprint density at radius 2 is 2.20 bits per heavy atom. The van der Waals surface area contributed by atoms with Crippen LogP contribution in [0.15, 0.2) is 35.2 Å². The summed E-state index contributed by atoms with van der Waals surface area (Å²) in [7, 11) is 0. The SMILES string of the molecule is Cc1nc2cnc(Br)cn2c1CN1C(=O)[C@@H](C)Oc2c(F)cccc21. The molecule has 1 aliphatic rings. The maximum atomic E-state index is 14.1. The zero-order chi connectivity index (χ0) is 17.7. The number of hydrogen-bond acceptors (Lipinski definition) is 4. The number of anilines is 1. The van der Waals surface area contributed by atoms with Crippen molar-refractivity contribution < 1.29 is 13.9 Å². The Labute approximate surface area is 151 Å². The minimum Gasteiger partial charge on any atom is -0.476 e. The zero-order valence-corrected chi connectivity index (χ0v) is 15.1. The van der Waals surface area contributed by atoms with E-state index in [9.17, 15) is 9.18 Å². The van der Waals surface area contributed by atoms with Crippen LogP contribution < -0.4 is 9.64 Å². The zero-order valence-electron chi connectivity index (χ0n) is 13.5. The Kier molecular flexibility index (Phi) is 3.72. The molecule has 1 amide bonds. The van der Waals surface area contributed by atoms with Crippen LogP contribution in [0.25, 0.3) is 5.65 Å². The molecule has 0 bridgehead atoms. The summed E-state index contributed by atoms with van der Waals surface area (Å²) in [5.41, 5.74) is 2.72. The van der Waals surface area contributed by atoms with Crippen molar-refractivity contribution in [1.29, 1.82) is 0 Å². The normalized spacial score (nSPS) is 16.9. The maximum absolute atomic E-state index is 14.1. The number of benzene rings is 1. The van der Waals surface area contributed by atoms with Crippen LogP contribution in [-0.4, -0.2) is 26.4 Å². The largest absolute Gasteiger partial charge is 0.476 e. The summed E-state index contributed by atoms with van der Waals surface area (Å²) in [6, 6.07) is 4.57. The van der Waals surface area contributed by atoms with E-state index in [0.717, 1.165) is 11.4 Å². The predicted molar refractivity (Wildman–Crippen MR) is 93.1 cm³/mol. The van der Waals surface area contributed by atoms with Crippen molar-refractivity contribution in [3.8, 4) is 5.75 Å². The van der Waals surface area contributed by atoms with Gasteiger partial charge in [-0.2, -0.15) is 0 Å². The van der Waals surface area contributed by atoms with Crippen LogP contribution in [0.1, 0.15) is 18.3 Å². The number of halogens is 2. The first-order chi connectivity index (χ1) is 12.0. The first-order valence-corrected chi connectivity index (χ1v) is 8.50. The summed E-state index contributed by atoms with van der Waals surface area (Å²) in [5, 5.41) is 0. The number of nitrogens with zero attached hydrogens (tertiary/aromatic N) is 4. The smallest absolute Gasteiger partial charge is 0.268 e. The molecule has 1 aromatic carbocycles. The fraction of sp³-hybridized carbons (Fsp3) is 0.235. The van der Waals surface area contributed by atoms with Gasteiger partial charge in [0.25, 0.3) is 5.91 Å². The van der Waals surface area contributed by atoms with E-state index in [4.69, 9.17) is 4.74 Å². The van der Waals surface area contributed by atoms with Crippen LogP contribution in [0.2, 0.25) is 0 Å². The summed E-state index contributed by atoms with van der Waals surface area (Å²) in [4.78, 5) is 22.8. The standard InChI is InChI=1S/C17H14BrFN4O2/c1-9-13(22-8-14(18)20-6-15(22)21-9)7-23-12-5-3-4-11(19)16(12)25-10(2)17(23)24/h3-6,8,10H,7H2,1-2H3/t10-/m1/s1. The fourth-order valence-electron chi connectivity index (χ4n) is 2.99. The highest BCUT2D eigenvalue weighted by Gasteiger charge is 2.34. The lowest BCUT2D eigenvalue weighted by atomic mass is 10.1. The molecule has 4 rings (SSSR count). The molecule has 3 heterocycles. The molecule has 0 N–H and O–H groups in total. The second-order valence-corrected chi connectivity index (χ2v) is 6.67. The van der Waals surface area contributed by atoms with E-state index in [1.807, 2.05) is 11.3 Å². The number of para-hydroxylation sites is 1. The van der Waals surface area contributed by atoms with Gasteiger partial charge in [-0.25, -0.2) is 14.4 Å². The Balaban J connectivity index is 1.83. The van der Waals surface area contributed by atoms with Crippen LogP contribution in [0.4, 0.5) is 10.1 Å². The number of imidazole rings is 1. The van der Waals surface area contributed by atoms with Crippen LogP contribution >= 0.6 is 15.9 Å². The van der Waals surface area contributed by atoms with Gasteiger partial charge in [0.15, 0.2) is 23.3 Å². The molecule has 1 atom stereocenters. The van der Waals surface area contributed by atoms with E-state index in [1.165, 1.54) is 11.0 Å². The molecule has 3 aromatic rings. The van der Waals surface area contributed by atoms with Gasteiger partial charge >= 0.3 is 0 Å². The number of carbonyl (C=O) groups excluding carboxylic acids is 1. The summed E-state index contributed by atoms with van der Waals surface area (Å²) in [6.07, 6.45) is 2.70. The molecule has 0 unspecified atom stereocenters. The van der Waals surface area contributed by atoms with Crippen LogP contribution in [-0.2, 0) is 11.3 Å². The fourth-order valence-corrected chi connectivity index (χ4v) is 3.30. The lowest BCUT2D eigenvalue weighted by molar-refractivity contribution is -0.125. The molecule has 1 aliphatic heterocycles. The maximum Gasteiger partial charge on any atom is 0.268 e. The van der Waals surface area contributed by atoms with Crippen molar-refractivity contribution in [1.82, 2.24) is 14.4 Å². The van der Waals surface area contributed by atoms with E-state index in [-0.39, 0.29) is 18.2 Å². The van der Waals surface area contributed by atoms with Crippen molar-refractivity contribution in [2.75, 3.05) is 4.90 Å². The number of aromatic nitrogens is 3. The molecule has 0 fully saturated rings. The number of hydrogen-bond donors (Lipinski definition) is 0. The monoisotopic (exact) mass is 404 g/mol. The van der Waals surface area contributed by atoms with E-state index < -0.39 is 11.9 Å². The minimum atomic E-state index is -0.753. The van der Waals surface area contributed by atoms with Gasteiger partial charge in [0.1, 0.15) is 4.60 Å². The molecular formula is C17H14BrFN4O2. The molecule has 0 spiro atoms. The molecular weight excluding hydrogens is 391 g/mol. The number of ether oxygens (including phenoxy) is 1. The molecule has 0 aliphatic carbocycles. The topological polar surface area (TPSA) is 59.7 Å². The van der Waals surface area contributed by atoms with Gasteiger partial charge in [0.2, 0.25) is 0 Å². The number of aryl methyl sites for hydroxylation is 1. The minimum absolute atomic E-state index is 0.101. The average Bonchev–Trinajstić information content (AvgIpc) is 2.88. The second-order valence-electron chi connectivity index (χ2n) is 5.85. The molecule has 25 heavy (non-hydrogen) atoms. The highest BCUT2D eigenvalue weighted by molar-refractivity contribution is 9.10. The van der Waals surface area contributed by atoms with Gasteiger partial charge in [-0.15, -0.1) is 0 Å². The molecule has 128 valence electrons. The van der Waals surface area contributed by atoms with E-state index in [2.05, 4.69) is 25.9 Å².